The van der Waals surface area contributed by atoms with Gasteiger partial charge in [-0.3, -0.25) is 4.79 Å². The Morgan fingerprint density at radius 1 is 1.11 bits per heavy atom. The van der Waals surface area contributed by atoms with Crippen molar-refractivity contribution in [3.63, 3.8) is 0 Å². The van der Waals surface area contributed by atoms with Crippen molar-refractivity contribution < 1.29 is 18.3 Å². The lowest BCUT2D eigenvalue weighted by atomic mass is 10.0. The third-order valence-corrected chi connectivity index (χ3v) is 2.73. The Kier molecular flexibility index (Phi) is 3.46. The first-order chi connectivity index (χ1) is 9.06. The minimum Gasteiger partial charge on any atom is -0.495 e. The molecule has 98 valence electrons. The zero-order chi connectivity index (χ0) is 14.0. The van der Waals surface area contributed by atoms with E-state index >= 15 is 0 Å². The molecule has 0 amide bonds. The average molecular weight is 263 g/mol. The van der Waals surface area contributed by atoms with Crippen LogP contribution in [0.5, 0.6) is 5.75 Å². The molecule has 19 heavy (non-hydrogen) atoms. The van der Waals surface area contributed by atoms with Crippen LogP contribution in [0.15, 0.2) is 36.4 Å². The molecule has 0 heterocycles. The van der Waals surface area contributed by atoms with E-state index in [4.69, 9.17) is 10.5 Å². The van der Waals surface area contributed by atoms with Crippen LogP contribution in [0.1, 0.15) is 15.9 Å². The molecule has 0 bridgehead atoms. The minimum atomic E-state index is -1.19. The zero-order valence-electron chi connectivity index (χ0n) is 10.1. The van der Waals surface area contributed by atoms with Crippen LogP contribution in [0.25, 0.3) is 0 Å². The Hall–Kier alpha value is -2.43. The van der Waals surface area contributed by atoms with E-state index in [0.29, 0.717) is 5.75 Å². The van der Waals surface area contributed by atoms with Crippen molar-refractivity contribution in [2.45, 2.75) is 0 Å². The molecule has 2 N–H and O–H groups in total. The van der Waals surface area contributed by atoms with Crippen LogP contribution >= 0.6 is 0 Å². The number of anilines is 1. The predicted octanol–water partition coefficient (Wildman–Crippen LogP) is 2.79. The van der Waals surface area contributed by atoms with Crippen molar-refractivity contribution in [2.24, 2.45) is 0 Å². The van der Waals surface area contributed by atoms with E-state index in [1.807, 2.05) is 0 Å². The maximum Gasteiger partial charge on any atom is 0.198 e. The Morgan fingerprint density at radius 2 is 1.74 bits per heavy atom. The van der Waals surface area contributed by atoms with Gasteiger partial charge in [-0.25, -0.2) is 8.78 Å². The number of rotatable bonds is 3. The number of hydrogen-bond acceptors (Lipinski definition) is 3. The second kappa shape index (κ2) is 5.06. The molecule has 2 aromatic carbocycles. The molecule has 0 saturated carbocycles. The van der Waals surface area contributed by atoms with Crippen LogP contribution in [0, 0.1) is 11.6 Å². The third kappa shape index (κ3) is 2.27. The smallest absolute Gasteiger partial charge is 0.198 e. The summed E-state index contributed by atoms with van der Waals surface area (Å²) in [6, 6.07) is 7.99. The van der Waals surface area contributed by atoms with Gasteiger partial charge < -0.3 is 10.5 Å². The van der Waals surface area contributed by atoms with Crippen molar-refractivity contribution in [3.8, 4) is 5.75 Å². The maximum atomic E-state index is 13.6. The molecule has 0 atom stereocenters. The fourth-order valence-electron chi connectivity index (χ4n) is 1.74. The monoisotopic (exact) mass is 263 g/mol. The fourth-order valence-corrected chi connectivity index (χ4v) is 1.74. The van der Waals surface area contributed by atoms with Crippen LogP contribution < -0.4 is 10.5 Å². The van der Waals surface area contributed by atoms with Gasteiger partial charge >= 0.3 is 0 Å². The molecule has 0 aliphatic rings. The largest absolute Gasteiger partial charge is 0.495 e. The molecule has 3 nitrogen and oxygen atoms in total. The van der Waals surface area contributed by atoms with Crippen LogP contribution in [-0.2, 0) is 0 Å². The standard InChI is InChI=1S/C14H11F2NO2/c1-19-11-7-3-5-9(13(11)17)14(18)8-4-2-6-10(15)12(8)16/h2-7H,17H2,1H3. The number of carbonyl (C=O) groups is 1. The number of nitrogens with two attached hydrogens (primary N) is 1. The van der Waals surface area contributed by atoms with Crippen molar-refractivity contribution in [1.82, 2.24) is 0 Å². The van der Waals surface area contributed by atoms with Gasteiger partial charge in [-0.15, -0.1) is 0 Å². The SMILES string of the molecule is COc1cccc(C(=O)c2cccc(F)c2F)c1N. The topological polar surface area (TPSA) is 52.3 Å². The van der Waals surface area contributed by atoms with Gasteiger partial charge in [-0.2, -0.15) is 0 Å². The van der Waals surface area contributed by atoms with Gasteiger partial charge in [-0.1, -0.05) is 12.1 Å². The van der Waals surface area contributed by atoms with Gasteiger partial charge in [0, 0.05) is 5.56 Å². The van der Waals surface area contributed by atoms with Crippen LogP contribution in [0.3, 0.4) is 0 Å². The summed E-state index contributed by atoms with van der Waals surface area (Å²) in [5, 5.41) is 0. The molecule has 0 radical (unpaired) electrons. The molecule has 5 heteroatoms. The van der Waals surface area contributed by atoms with Gasteiger partial charge in [0.25, 0.3) is 0 Å². The Bertz CT molecular complexity index is 641. The lowest BCUT2D eigenvalue weighted by Crippen LogP contribution is -2.09. The van der Waals surface area contributed by atoms with Gasteiger partial charge in [0.05, 0.1) is 18.4 Å². The number of benzene rings is 2. The molecule has 2 aromatic rings. The molecule has 0 saturated heterocycles. The summed E-state index contributed by atoms with van der Waals surface area (Å²) in [7, 11) is 1.41. The lowest BCUT2D eigenvalue weighted by Gasteiger charge is -2.09. The molecule has 0 fully saturated rings. The number of carbonyl (C=O) groups excluding carboxylic acids is 1. The summed E-state index contributed by atoms with van der Waals surface area (Å²) in [4.78, 5) is 12.2. The predicted molar refractivity (Wildman–Crippen MR) is 67.2 cm³/mol. The highest BCUT2D eigenvalue weighted by atomic mass is 19.2. The number of nitrogen functional groups attached to an aromatic ring is 1. The summed E-state index contributed by atoms with van der Waals surface area (Å²) in [5.41, 5.74) is 5.57. The molecular formula is C14H11F2NO2. The molecule has 0 aliphatic carbocycles. The number of ketones is 1. The molecular weight excluding hydrogens is 252 g/mol. The first-order valence-corrected chi connectivity index (χ1v) is 5.47. The number of para-hydroxylation sites is 1. The second-order valence-electron chi connectivity index (χ2n) is 3.85. The van der Waals surface area contributed by atoms with Crippen molar-refractivity contribution in [1.29, 1.82) is 0 Å². The Labute approximate surface area is 108 Å². The normalized spacial score (nSPS) is 10.3. The number of ether oxygens (including phenoxy) is 1. The minimum absolute atomic E-state index is 0.0730. The summed E-state index contributed by atoms with van der Waals surface area (Å²) < 4.78 is 31.7. The number of hydrogen-bond donors (Lipinski definition) is 1. The number of halogens is 2. The highest BCUT2D eigenvalue weighted by Crippen LogP contribution is 2.27. The molecule has 0 spiro atoms. The van der Waals surface area contributed by atoms with E-state index in [1.165, 1.54) is 25.3 Å². The first kappa shape index (κ1) is 13.0. The average Bonchev–Trinajstić information content (AvgIpc) is 2.41. The first-order valence-electron chi connectivity index (χ1n) is 5.47. The Balaban J connectivity index is 2.54. The molecule has 0 aliphatic heterocycles. The summed E-state index contributed by atoms with van der Waals surface area (Å²) in [5.74, 6) is -2.64. The maximum absolute atomic E-state index is 13.6. The van der Waals surface area contributed by atoms with Gasteiger partial charge in [0.2, 0.25) is 0 Å². The van der Waals surface area contributed by atoms with Crippen molar-refractivity contribution in [3.05, 3.63) is 59.2 Å². The van der Waals surface area contributed by atoms with Crippen molar-refractivity contribution >= 4 is 11.5 Å². The van der Waals surface area contributed by atoms with E-state index in [-0.39, 0.29) is 16.8 Å². The molecule has 0 unspecified atom stereocenters. The van der Waals surface area contributed by atoms with Crippen LogP contribution in [-0.4, -0.2) is 12.9 Å². The highest BCUT2D eigenvalue weighted by molar-refractivity contribution is 6.12. The summed E-state index contributed by atoms with van der Waals surface area (Å²) >= 11 is 0. The second-order valence-corrected chi connectivity index (χ2v) is 3.85. The highest BCUT2D eigenvalue weighted by Gasteiger charge is 2.20. The van der Waals surface area contributed by atoms with E-state index in [9.17, 15) is 13.6 Å². The van der Waals surface area contributed by atoms with E-state index in [1.54, 1.807) is 12.1 Å². The van der Waals surface area contributed by atoms with Crippen LogP contribution in [0.2, 0.25) is 0 Å². The molecule has 0 aromatic heterocycles. The molecule has 2 rings (SSSR count). The summed E-state index contributed by atoms with van der Waals surface area (Å²) in [6.45, 7) is 0. The quantitative estimate of drug-likeness (QED) is 0.684. The number of methoxy groups -OCH3 is 1. The zero-order valence-corrected chi connectivity index (χ0v) is 10.1. The van der Waals surface area contributed by atoms with Crippen molar-refractivity contribution in [2.75, 3.05) is 12.8 Å². The van der Waals surface area contributed by atoms with E-state index in [0.717, 1.165) is 6.07 Å². The Morgan fingerprint density at radius 3 is 2.42 bits per heavy atom. The fraction of sp³-hybridized carbons (Fsp3) is 0.0714. The lowest BCUT2D eigenvalue weighted by molar-refractivity contribution is 0.103. The van der Waals surface area contributed by atoms with Crippen LogP contribution in [0.4, 0.5) is 14.5 Å². The third-order valence-electron chi connectivity index (χ3n) is 2.73. The van der Waals surface area contributed by atoms with E-state index in [2.05, 4.69) is 0 Å². The van der Waals surface area contributed by atoms with Gasteiger partial charge in [0.15, 0.2) is 17.4 Å². The summed E-state index contributed by atoms with van der Waals surface area (Å²) in [6.07, 6.45) is 0. The van der Waals surface area contributed by atoms with E-state index < -0.39 is 17.4 Å². The van der Waals surface area contributed by atoms with Gasteiger partial charge in [-0.05, 0) is 24.3 Å². The van der Waals surface area contributed by atoms with Gasteiger partial charge in [0.1, 0.15) is 5.75 Å².